The van der Waals surface area contributed by atoms with Crippen LogP contribution >= 0.6 is 0 Å². The van der Waals surface area contributed by atoms with Crippen molar-refractivity contribution in [3.05, 3.63) is 41.8 Å². The number of nitrogens with zero attached hydrogens (tertiary/aromatic N) is 6. The number of benzene rings is 1. The van der Waals surface area contributed by atoms with Gasteiger partial charge in [-0.05, 0) is 25.0 Å². The van der Waals surface area contributed by atoms with Crippen LogP contribution in [0, 0.1) is 0 Å². The summed E-state index contributed by atoms with van der Waals surface area (Å²) in [4.78, 5) is 23.3. The van der Waals surface area contributed by atoms with Gasteiger partial charge in [0.05, 0.1) is 11.4 Å². The fraction of sp³-hybridized carbons (Fsp3) is 0.412. The average molecular weight is 338 g/mol. The molecule has 0 bridgehead atoms. The average Bonchev–Trinajstić information content (AvgIpc) is 3.16. The highest BCUT2D eigenvalue weighted by molar-refractivity contribution is 5.92. The first-order chi connectivity index (χ1) is 12.2. The van der Waals surface area contributed by atoms with E-state index in [9.17, 15) is 4.79 Å². The van der Waals surface area contributed by atoms with Crippen LogP contribution in [-0.4, -0.2) is 49.2 Å². The lowest BCUT2D eigenvalue weighted by Gasteiger charge is -2.30. The highest BCUT2D eigenvalue weighted by Gasteiger charge is 2.30. The zero-order valence-corrected chi connectivity index (χ0v) is 13.9. The fourth-order valence-electron chi connectivity index (χ4n) is 3.05. The number of amides is 1. The Labute approximate surface area is 144 Å². The predicted octanol–water partition coefficient (Wildman–Crippen LogP) is 1.99. The lowest BCUT2D eigenvalue weighted by Crippen LogP contribution is -2.40. The minimum Gasteiger partial charge on any atom is -0.339 e. The van der Waals surface area contributed by atoms with E-state index in [1.165, 1.54) is 0 Å². The first-order valence-corrected chi connectivity index (χ1v) is 8.46. The zero-order chi connectivity index (χ0) is 17.2. The molecular formula is C17H18N6O2. The summed E-state index contributed by atoms with van der Waals surface area (Å²) in [6, 6.07) is 7.37. The van der Waals surface area contributed by atoms with Crippen LogP contribution < -0.4 is 0 Å². The Hall–Kier alpha value is -2.90. The third-order valence-corrected chi connectivity index (χ3v) is 4.41. The maximum absolute atomic E-state index is 12.8. The summed E-state index contributed by atoms with van der Waals surface area (Å²) in [5.74, 6) is 1.27. The van der Waals surface area contributed by atoms with Crippen LogP contribution in [0.15, 0.2) is 28.8 Å². The van der Waals surface area contributed by atoms with Crippen molar-refractivity contribution in [3.63, 3.8) is 0 Å². The Kier molecular flexibility index (Phi) is 4.09. The number of hydrogen-bond acceptors (Lipinski definition) is 7. The van der Waals surface area contributed by atoms with Crippen molar-refractivity contribution in [2.45, 2.75) is 32.1 Å². The number of aromatic nitrogens is 5. The van der Waals surface area contributed by atoms with Crippen LogP contribution in [0.2, 0.25) is 0 Å². The summed E-state index contributed by atoms with van der Waals surface area (Å²) >= 11 is 0. The molecule has 1 fully saturated rings. The quantitative estimate of drug-likeness (QED) is 0.720. The summed E-state index contributed by atoms with van der Waals surface area (Å²) in [5, 5.41) is 12.0. The molecule has 128 valence electrons. The molecule has 2 aromatic heterocycles. The lowest BCUT2D eigenvalue weighted by atomic mass is 9.98. The third-order valence-electron chi connectivity index (χ3n) is 4.41. The van der Waals surface area contributed by atoms with Gasteiger partial charge in [-0.1, -0.05) is 24.2 Å². The molecule has 1 aliphatic rings. The van der Waals surface area contributed by atoms with Gasteiger partial charge in [-0.2, -0.15) is 4.98 Å². The maximum Gasteiger partial charge on any atom is 0.293 e. The molecule has 0 radical (unpaired) electrons. The number of piperidine rings is 1. The normalized spacial score (nSPS) is 17.8. The van der Waals surface area contributed by atoms with Gasteiger partial charge in [0.25, 0.3) is 5.91 Å². The summed E-state index contributed by atoms with van der Waals surface area (Å²) < 4.78 is 5.34. The molecule has 1 amide bonds. The standard InChI is InChI=1S/C17H18N6O2/c1-2-14-19-16(25-22-14)11-6-5-9-23(10-11)17(24)15-18-12-7-3-4-8-13(12)20-21-15/h3-4,7-8,11H,2,5-6,9-10H2,1H3/t11-/m1/s1. The smallest absolute Gasteiger partial charge is 0.293 e. The van der Waals surface area contributed by atoms with Gasteiger partial charge in [0.2, 0.25) is 11.7 Å². The van der Waals surface area contributed by atoms with Gasteiger partial charge in [-0.15, -0.1) is 10.2 Å². The molecule has 0 N–H and O–H groups in total. The van der Waals surface area contributed by atoms with E-state index in [-0.39, 0.29) is 17.6 Å². The molecular weight excluding hydrogens is 320 g/mol. The molecule has 4 rings (SSSR count). The molecule has 0 spiro atoms. The Bertz CT molecular complexity index is 909. The highest BCUT2D eigenvalue weighted by atomic mass is 16.5. The summed E-state index contributed by atoms with van der Waals surface area (Å²) in [5.41, 5.74) is 1.34. The van der Waals surface area contributed by atoms with E-state index >= 15 is 0 Å². The summed E-state index contributed by atoms with van der Waals surface area (Å²) in [7, 11) is 0. The number of likely N-dealkylation sites (tertiary alicyclic amines) is 1. The van der Waals surface area contributed by atoms with Gasteiger partial charge in [0.1, 0.15) is 5.52 Å². The molecule has 1 atom stereocenters. The molecule has 3 aromatic rings. The molecule has 25 heavy (non-hydrogen) atoms. The molecule has 1 aliphatic heterocycles. The number of aryl methyl sites for hydroxylation is 1. The second-order valence-corrected chi connectivity index (χ2v) is 6.12. The van der Waals surface area contributed by atoms with E-state index in [4.69, 9.17) is 4.52 Å². The molecule has 3 heterocycles. The fourth-order valence-corrected chi connectivity index (χ4v) is 3.05. The molecule has 1 saturated heterocycles. The van der Waals surface area contributed by atoms with Crippen LogP contribution in [-0.2, 0) is 6.42 Å². The Morgan fingerprint density at radius 1 is 1.24 bits per heavy atom. The minimum absolute atomic E-state index is 0.0546. The van der Waals surface area contributed by atoms with Gasteiger partial charge in [-0.3, -0.25) is 4.79 Å². The van der Waals surface area contributed by atoms with E-state index in [1.807, 2.05) is 31.2 Å². The lowest BCUT2D eigenvalue weighted by molar-refractivity contribution is 0.0682. The number of hydrogen-bond donors (Lipinski definition) is 0. The van der Waals surface area contributed by atoms with E-state index in [2.05, 4.69) is 25.3 Å². The van der Waals surface area contributed by atoms with Gasteiger partial charge < -0.3 is 9.42 Å². The summed E-state index contributed by atoms with van der Waals surface area (Å²) in [6.45, 7) is 3.18. The highest BCUT2D eigenvalue weighted by Crippen LogP contribution is 2.26. The predicted molar refractivity (Wildman–Crippen MR) is 88.9 cm³/mol. The van der Waals surface area contributed by atoms with Crippen LogP contribution in [0.25, 0.3) is 11.0 Å². The van der Waals surface area contributed by atoms with E-state index in [1.54, 1.807) is 4.90 Å². The Morgan fingerprint density at radius 2 is 2.08 bits per heavy atom. The van der Waals surface area contributed by atoms with E-state index < -0.39 is 0 Å². The molecule has 8 heteroatoms. The van der Waals surface area contributed by atoms with Crippen LogP contribution in [0.5, 0.6) is 0 Å². The largest absolute Gasteiger partial charge is 0.339 e. The SMILES string of the molecule is CCc1noc([C@@H]2CCCN(C(=O)c3nnc4ccccc4n3)C2)n1. The number of rotatable bonds is 3. The van der Waals surface area contributed by atoms with Crippen molar-refractivity contribution in [3.8, 4) is 0 Å². The first kappa shape index (κ1) is 15.6. The third kappa shape index (κ3) is 3.07. The summed E-state index contributed by atoms with van der Waals surface area (Å²) in [6.07, 6.45) is 2.53. The van der Waals surface area contributed by atoms with Gasteiger partial charge in [-0.25, -0.2) is 4.98 Å². The van der Waals surface area contributed by atoms with Crippen molar-refractivity contribution >= 4 is 16.9 Å². The topological polar surface area (TPSA) is 97.9 Å². The Balaban J connectivity index is 1.54. The molecule has 0 saturated carbocycles. The van der Waals surface area contributed by atoms with Crippen molar-refractivity contribution in [2.75, 3.05) is 13.1 Å². The van der Waals surface area contributed by atoms with Crippen LogP contribution in [0.3, 0.4) is 0 Å². The van der Waals surface area contributed by atoms with Crippen molar-refractivity contribution in [2.24, 2.45) is 0 Å². The van der Waals surface area contributed by atoms with Gasteiger partial charge in [0, 0.05) is 19.5 Å². The number of carbonyl (C=O) groups excluding carboxylic acids is 1. The monoisotopic (exact) mass is 338 g/mol. The Morgan fingerprint density at radius 3 is 2.88 bits per heavy atom. The van der Waals surface area contributed by atoms with Crippen molar-refractivity contribution < 1.29 is 9.32 Å². The van der Waals surface area contributed by atoms with Crippen molar-refractivity contribution in [1.82, 2.24) is 30.2 Å². The number of fused-ring (bicyclic) bond motifs is 1. The molecule has 0 unspecified atom stereocenters. The van der Waals surface area contributed by atoms with E-state index in [0.717, 1.165) is 19.3 Å². The van der Waals surface area contributed by atoms with Crippen molar-refractivity contribution in [1.29, 1.82) is 0 Å². The minimum atomic E-state index is -0.210. The second kappa shape index (κ2) is 6.54. The molecule has 8 nitrogen and oxygen atoms in total. The van der Waals surface area contributed by atoms with E-state index in [0.29, 0.717) is 35.8 Å². The molecule has 0 aliphatic carbocycles. The first-order valence-electron chi connectivity index (χ1n) is 8.46. The number of carbonyl (C=O) groups is 1. The van der Waals surface area contributed by atoms with Gasteiger partial charge >= 0.3 is 0 Å². The number of para-hydroxylation sites is 1. The van der Waals surface area contributed by atoms with Crippen LogP contribution in [0.4, 0.5) is 0 Å². The maximum atomic E-state index is 12.8. The molecule has 1 aromatic carbocycles. The second-order valence-electron chi connectivity index (χ2n) is 6.12. The van der Waals surface area contributed by atoms with Crippen LogP contribution in [0.1, 0.15) is 48.0 Å². The zero-order valence-electron chi connectivity index (χ0n) is 13.9. The van der Waals surface area contributed by atoms with Gasteiger partial charge in [0.15, 0.2) is 5.82 Å².